The summed E-state index contributed by atoms with van der Waals surface area (Å²) in [6.45, 7) is 0. The van der Waals surface area contributed by atoms with Gasteiger partial charge in [-0.05, 0) is 89.0 Å². The van der Waals surface area contributed by atoms with E-state index in [0.29, 0.717) is 11.4 Å². The number of hydrogen-bond acceptors (Lipinski definition) is 5. The second-order valence-corrected chi connectivity index (χ2v) is 14.2. The lowest BCUT2D eigenvalue weighted by Crippen LogP contribution is -2.09. The maximum Gasteiger partial charge on any atom is 0.180 e. The number of aromatic nitrogens is 2. The summed E-state index contributed by atoms with van der Waals surface area (Å²) in [5.41, 5.74) is 14.3. The van der Waals surface area contributed by atoms with Gasteiger partial charge in [-0.1, -0.05) is 133 Å². The van der Waals surface area contributed by atoms with E-state index in [1.54, 1.807) is 0 Å². The van der Waals surface area contributed by atoms with Crippen LogP contribution in [0.2, 0.25) is 0 Å². The maximum atomic E-state index is 6.57. The Labute approximate surface area is 328 Å². The molecule has 0 atom stereocenters. The minimum Gasteiger partial charge on any atom is -0.456 e. The van der Waals surface area contributed by atoms with E-state index in [2.05, 4.69) is 150 Å². The van der Waals surface area contributed by atoms with Crippen molar-refractivity contribution in [2.75, 3.05) is 4.90 Å². The van der Waals surface area contributed by atoms with Gasteiger partial charge in [-0.25, -0.2) is 9.97 Å². The fourth-order valence-electron chi connectivity index (χ4n) is 7.96. The van der Waals surface area contributed by atoms with E-state index in [1.807, 2.05) is 54.6 Å². The molecule has 0 aliphatic heterocycles. The van der Waals surface area contributed by atoms with E-state index in [1.165, 1.54) is 11.1 Å². The summed E-state index contributed by atoms with van der Waals surface area (Å²) in [6.07, 6.45) is 0. The molecule has 0 bridgehead atoms. The van der Waals surface area contributed by atoms with Gasteiger partial charge in [-0.3, -0.25) is 0 Å². The molecule has 0 aliphatic rings. The van der Waals surface area contributed by atoms with E-state index in [-0.39, 0.29) is 0 Å². The van der Waals surface area contributed by atoms with Gasteiger partial charge in [0.15, 0.2) is 11.4 Å². The SMILES string of the molecule is c1ccc(-c2ccc(N(c3ccccc3)c3ccc(-c4ccc5c(c4)oc4cccc(-c6nc(-c7ccccc7)c7oc8ccccc8c7n6)c45)cc3)cc2)cc1. The van der Waals surface area contributed by atoms with E-state index in [4.69, 9.17) is 18.8 Å². The summed E-state index contributed by atoms with van der Waals surface area (Å²) in [7, 11) is 0. The number of anilines is 3. The molecular formula is C52H33N3O2. The van der Waals surface area contributed by atoms with E-state index in [9.17, 15) is 0 Å². The number of nitrogens with zero attached hydrogens (tertiary/aromatic N) is 3. The fourth-order valence-corrected chi connectivity index (χ4v) is 7.96. The molecule has 0 saturated carbocycles. The number of rotatable bonds is 7. The van der Waals surface area contributed by atoms with Crippen molar-refractivity contribution in [3.8, 4) is 44.9 Å². The monoisotopic (exact) mass is 731 g/mol. The first-order chi connectivity index (χ1) is 28.2. The van der Waals surface area contributed by atoms with Crippen LogP contribution >= 0.6 is 0 Å². The molecule has 0 saturated heterocycles. The molecule has 0 unspecified atom stereocenters. The van der Waals surface area contributed by atoms with Gasteiger partial charge in [0, 0.05) is 44.3 Å². The van der Waals surface area contributed by atoms with Crippen molar-refractivity contribution in [2.45, 2.75) is 0 Å². The zero-order valence-electron chi connectivity index (χ0n) is 30.7. The van der Waals surface area contributed by atoms with Crippen LogP contribution < -0.4 is 4.90 Å². The standard InChI is InChI=1S/C52H33N3O2/c1-4-13-34(14-5-1)35-23-28-40(29-24-35)55(39-17-8-3-9-18-39)41-30-25-36(26-31-41)38-27-32-42-47(33-38)56-46-22-12-20-44(48(42)46)52-53-49(37-15-6-2-7-16-37)51-50(54-52)43-19-10-11-21-45(43)57-51/h1-33H. The second-order valence-electron chi connectivity index (χ2n) is 14.2. The van der Waals surface area contributed by atoms with Crippen LogP contribution in [0.4, 0.5) is 17.1 Å². The molecule has 0 aliphatic carbocycles. The van der Waals surface area contributed by atoms with Crippen LogP contribution in [0.1, 0.15) is 0 Å². The summed E-state index contributed by atoms with van der Waals surface area (Å²) in [4.78, 5) is 12.6. The third-order valence-corrected chi connectivity index (χ3v) is 10.7. The smallest absolute Gasteiger partial charge is 0.180 e. The Bertz CT molecular complexity index is 3210. The number of benzene rings is 8. The summed E-state index contributed by atoms with van der Waals surface area (Å²) in [5.74, 6) is 0.624. The van der Waals surface area contributed by atoms with Crippen molar-refractivity contribution in [3.05, 3.63) is 200 Å². The molecule has 0 amide bonds. The summed E-state index contributed by atoms with van der Waals surface area (Å²) >= 11 is 0. The van der Waals surface area contributed by atoms with Crippen LogP contribution in [0, 0.1) is 0 Å². The van der Waals surface area contributed by atoms with Gasteiger partial charge >= 0.3 is 0 Å². The summed E-state index contributed by atoms with van der Waals surface area (Å²) < 4.78 is 12.9. The van der Waals surface area contributed by atoms with E-state index >= 15 is 0 Å². The summed E-state index contributed by atoms with van der Waals surface area (Å²) in [6, 6.07) is 69.2. The lowest BCUT2D eigenvalue weighted by atomic mass is 10.0. The van der Waals surface area contributed by atoms with Crippen LogP contribution in [0.25, 0.3) is 88.9 Å². The Morgan fingerprint density at radius 2 is 0.930 bits per heavy atom. The number of fused-ring (bicyclic) bond motifs is 6. The largest absolute Gasteiger partial charge is 0.456 e. The Morgan fingerprint density at radius 1 is 0.368 bits per heavy atom. The molecule has 5 heteroatoms. The Kier molecular flexibility index (Phi) is 7.74. The molecule has 0 fully saturated rings. The predicted octanol–water partition coefficient (Wildman–Crippen LogP) is 14.4. The Hall–Kier alpha value is -7.76. The molecule has 11 aromatic rings. The third-order valence-electron chi connectivity index (χ3n) is 10.7. The molecule has 0 spiro atoms. The summed E-state index contributed by atoms with van der Waals surface area (Å²) in [5, 5.41) is 2.95. The van der Waals surface area contributed by atoms with Crippen molar-refractivity contribution < 1.29 is 8.83 Å². The molecule has 268 valence electrons. The predicted molar refractivity (Wildman–Crippen MR) is 233 cm³/mol. The molecule has 0 N–H and O–H groups in total. The highest BCUT2D eigenvalue weighted by Gasteiger charge is 2.21. The van der Waals surface area contributed by atoms with Gasteiger partial charge in [-0.2, -0.15) is 0 Å². The van der Waals surface area contributed by atoms with Gasteiger partial charge in [0.1, 0.15) is 28.0 Å². The molecule has 3 aromatic heterocycles. The van der Waals surface area contributed by atoms with Gasteiger partial charge in [0.2, 0.25) is 0 Å². The van der Waals surface area contributed by atoms with Crippen LogP contribution in [0.5, 0.6) is 0 Å². The molecule has 0 radical (unpaired) electrons. The first kappa shape index (κ1) is 32.7. The van der Waals surface area contributed by atoms with Crippen LogP contribution in [-0.4, -0.2) is 9.97 Å². The Morgan fingerprint density at radius 3 is 1.65 bits per heavy atom. The Balaban J connectivity index is 0.975. The highest BCUT2D eigenvalue weighted by molar-refractivity contribution is 6.13. The molecule has 8 aromatic carbocycles. The van der Waals surface area contributed by atoms with Crippen LogP contribution in [0.3, 0.4) is 0 Å². The highest BCUT2D eigenvalue weighted by Crippen LogP contribution is 2.41. The van der Waals surface area contributed by atoms with Crippen molar-refractivity contribution >= 4 is 61.1 Å². The number of furan rings is 2. The van der Waals surface area contributed by atoms with E-state index < -0.39 is 0 Å². The topological polar surface area (TPSA) is 55.3 Å². The molecule has 57 heavy (non-hydrogen) atoms. The van der Waals surface area contributed by atoms with E-state index in [0.717, 1.165) is 83.4 Å². The van der Waals surface area contributed by atoms with Gasteiger partial charge < -0.3 is 13.7 Å². The van der Waals surface area contributed by atoms with Gasteiger partial charge in [0.25, 0.3) is 0 Å². The number of para-hydroxylation sites is 2. The molecule has 11 rings (SSSR count). The maximum absolute atomic E-state index is 6.57. The second kappa shape index (κ2) is 13.5. The minimum absolute atomic E-state index is 0.624. The highest BCUT2D eigenvalue weighted by atomic mass is 16.3. The van der Waals surface area contributed by atoms with Gasteiger partial charge in [-0.15, -0.1) is 0 Å². The van der Waals surface area contributed by atoms with Crippen LogP contribution in [-0.2, 0) is 0 Å². The van der Waals surface area contributed by atoms with Crippen molar-refractivity contribution in [3.63, 3.8) is 0 Å². The minimum atomic E-state index is 0.624. The molecular weight excluding hydrogens is 699 g/mol. The third kappa shape index (κ3) is 5.72. The zero-order valence-corrected chi connectivity index (χ0v) is 30.7. The average Bonchev–Trinajstić information content (AvgIpc) is 3.86. The lowest BCUT2D eigenvalue weighted by Gasteiger charge is -2.26. The van der Waals surface area contributed by atoms with Crippen molar-refractivity contribution in [1.29, 1.82) is 0 Å². The number of hydrogen-bond donors (Lipinski definition) is 0. The average molecular weight is 732 g/mol. The van der Waals surface area contributed by atoms with Crippen molar-refractivity contribution in [2.24, 2.45) is 0 Å². The molecule has 3 heterocycles. The van der Waals surface area contributed by atoms with Crippen molar-refractivity contribution in [1.82, 2.24) is 9.97 Å². The fraction of sp³-hybridized carbons (Fsp3) is 0. The lowest BCUT2D eigenvalue weighted by molar-refractivity contribution is 0.667. The molecule has 5 nitrogen and oxygen atoms in total. The normalized spacial score (nSPS) is 11.5. The van der Waals surface area contributed by atoms with Crippen LogP contribution in [0.15, 0.2) is 209 Å². The quantitative estimate of drug-likeness (QED) is 0.163. The van der Waals surface area contributed by atoms with Gasteiger partial charge in [0.05, 0.1) is 0 Å². The zero-order chi connectivity index (χ0) is 37.7. The first-order valence-electron chi connectivity index (χ1n) is 19.1. The first-order valence-corrected chi connectivity index (χ1v) is 19.1.